The fraction of sp³-hybridized carbons (Fsp3) is 0.316. The normalized spacial score (nSPS) is 11.5. The highest BCUT2D eigenvalue weighted by Crippen LogP contribution is 2.26. The number of allylic oxidation sites excluding steroid dienone is 1. The van der Waals surface area contributed by atoms with Gasteiger partial charge in [0.15, 0.2) is 6.61 Å². The molecule has 25 heavy (non-hydrogen) atoms. The van der Waals surface area contributed by atoms with Crippen LogP contribution in [0.25, 0.3) is 5.69 Å². The van der Waals surface area contributed by atoms with Crippen LogP contribution in [0.5, 0.6) is 0 Å². The summed E-state index contributed by atoms with van der Waals surface area (Å²) in [5, 5.41) is 7.37. The molecule has 2 aromatic rings. The molecule has 1 aromatic heterocycles. The van der Waals surface area contributed by atoms with Gasteiger partial charge in [-0.1, -0.05) is 45.0 Å². The van der Waals surface area contributed by atoms with Gasteiger partial charge in [0.2, 0.25) is 0 Å². The number of carbonyl (C=O) groups excluding carboxylic acids is 2. The average molecular weight is 341 g/mol. The maximum atomic E-state index is 12.1. The van der Waals surface area contributed by atoms with E-state index in [1.165, 1.54) is 6.08 Å². The van der Waals surface area contributed by atoms with Gasteiger partial charge in [-0.25, -0.2) is 9.48 Å². The summed E-state index contributed by atoms with van der Waals surface area (Å²) in [5.41, 5.74) is 1.51. The molecule has 1 amide bonds. The average Bonchev–Trinajstić information content (AvgIpc) is 2.98. The number of amides is 1. The monoisotopic (exact) mass is 341 g/mol. The van der Waals surface area contributed by atoms with Crippen molar-refractivity contribution < 1.29 is 14.3 Å². The first-order chi connectivity index (χ1) is 11.8. The Morgan fingerprint density at radius 1 is 1.24 bits per heavy atom. The van der Waals surface area contributed by atoms with Crippen molar-refractivity contribution in [2.45, 2.75) is 33.1 Å². The van der Waals surface area contributed by atoms with Crippen molar-refractivity contribution in [1.29, 1.82) is 0 Å². The molecule has 0 fully saturated rings. The zero-order chi connectivity index (χ0) is 18.4. The van der Waals surface area contributed by atoms with Crippen LogP contribution in [0.3, 0.4) is 0 Å². The second kappa shape index (κ2) is 7.79. The minimum Gasteiger partial charge on any atom is -0.452 e. The third-order valence-electron chi connectivity index (χ3n) is 3.39. The van der Waals surface area contributed by atoms with Gasteiger partial charge in [0.25, 0.3) is 5.91 Å². The van der Waals surface area contributed by atoms with Gasteiger partial charge in [-0.15, -0.1) is 0 Å². The van der Waals surface area contributed by atoms with Crippen molar-refractivity contribution >= 4 is 17.7 Å². The molecule has 0 bridgehead atoms. The van der Waals surface area contributed by atoms with Crippen LogP contribution >= 0.6 is 0 Å². The number of nitrogens with one attached hydrogen (secondary N) is 1. The van der Waals surface area contributed by atoms with Crippen LogP contribution in [0.2, 0.25) is 0 Å². The van der Waals surface area contributed by atoms with Gasteiger partial charge in [-0.2, -0.15) is 5.10 Å². The van der Waals surface area contributed by atoms with E-state index in [-0.39, 0.29) is 12.0 Å². The number of hydrogen-bond acceptors (Lipinski definition) is 4. The van der Waals surface area contributed by atoms with E-state index in [1.807, 2.05) is 36.4 Å². The lowest BCUT2D eigenvalue weighted by Crippen LogP contribution is -2.21. The number of aromatic nitrogens is 2. The minimum atomic E-state index is -0.551. The van der Waals surface area contributed by atoms with E-state index in [4.69, 9.17) is 4.74 Å². The minimum absolute atomic E-state index is 0.169. The van der Waals surface area contributed by atoms with Crippen molar-refractivity contribution in [3.05, 3.63) is 54.2 Å². The van der Waals surface area contributed by atoms with E-state index in [2.05, 4.69) is 31.2 Å². The zero-order valence-corrected chi connectivity index (χ0v) is 14.9. The van der Waals surface area contributed by atoms with E-state index in [1.54, 1.807) is 17.7 Å². The topological polar surface area (TPSA) is 73.2 Å². The molecule has 0 radical (unpaired) electrons. The summed E-state index contributed by atoms with van der Waals surface area (Å²) in [4.78, 5) is 23.4. The summed E-state index contributed by atoms with van der Waals surface area (Å²) in [7, 11) is 0. The van der Waals surface area contributed by atoms with Crippen LogP contribution in [0.15, 0.2) is 48.6 Å². The zero-order valence-electron chi connectivity index (χ0n) is 14.9. The lowest BCUT2D eigenvalue weighted by Gasteiger charge is -2.14. The molecule has 0 saturated heterocycles. The van der Waals surface area contributed by atoms with Crippen LogP contribution in [-0.4, -0.2) is 28.3 Å². The first kappa shape index (κ1) is 18.4. The predicted octanol–water partition coefficient (Wildman–Crippen LogP) is 3.23. The molecule has 0 saturated carbocycles. The Hall–Kier alpha value is -2.89. The maximum Gasteiger partial charge on any atom is 0.330 e. The molecule has 1 heterocycles. The number of benzene rings is 1. The molecular weight excluding hydrogens is 318 g/mol. The van der Waals surface area contributed by atoms with Crippen LogP contribution in [0.4, 0.5) is 5.82 Å². The van der Waals surface area contributed by atoms with Gasteiger partial charge in [0.1, 0.15) is 5.82 Å². The third-order valence-corrected chi connectivity index (χ3v) is 3.39. The Balaban J connectivity index is 2.22. The Bertz CT molecular complexity index is 771. The molecule has 0 aliphatic carbocycles. The number of nitrogens with zero attached hydrogens (tertiary/aromatic N) is 2. The summed E-state index contributed by atoms with van der Waals surface area (Å²) in [6, 6.07) is 11.4. The maximum absolute atomic E-state index is 12.1. The van der Waals surface area contributed by atoms with Gasteiger partial charge in [0.05, 0.1) is 11.4 Å². The number of carbonyl (C=O) groups is 2. The quantitative estimate of drug-likeness (QED) is 0.669. The Morgan fingerprint density at radius 3 is 2.52 bits per heavy atom. The van der Waals surface area contributed by atoms with Gasteiger partial charge in [-0.05, 0) is 19.1 Å². The molecule has 1 N–H and O–H groups in total. The fourth-order valence-electron chi connectivity index (χ4n) is 2.10. The van der Waals surface area contributed by atoms with E-state index >= 15 is 0 Å². The SMILES string of the molecule is CC=CC(=O)OCC(=O)Nc1cc(C(C)(C)C)nn1-c1ccccc1. The van der Waals surface area contributed by atoms with E-state index in [9.17, 15) is 9.59 Å². The number of ether oxygens (including phenoxy) is 1. The smallest absolute Gasteiger partial charge is 0.330 e. The van der Waals surface area contributed by atoms with E-state index in [0.717, 1.165) is 11.4 Å². The van der Waals surface area contributed by atoms with E-state index in [0.29, 0.717) is 5.82 Å². The molecule has 0 atom stereocenters. The van der Waals surface area contributed by atoms with Crippen molar-refractivity contribution in [2.75, 3.05) is 11.9 Å². The summed E-state index contributed by atoms with van der Waals surface area (Å²) >= 11 is 0. The summed E-state index contributed by atoms with van der Waals surface area (Å²) in [5.74, 6) is -0.441. The third kappa shape index (κ3) is 5.04. The first-order valence-corrected chi connectivity index (χ1v) is 8.06. The number of hydrogen-bond donors (Lipinski definition) is 1. The van der Waals surface area contributed by atoms with Crippen molar-refractivity contribution in [2.24, 2.45) is 0 Å². The Kier molecular flexibility index (Phi) is 5.75. The predicted molar refractivity (Wildman–Crippen MR) is 96.7 cm³/mol. The second-order valence-corrected chi connectivity index (χ2v) is 6.57. The molecule has 6 heteroatoms. The van der Waals surface area contributed by atoms with Gasteiger partial charge in [-0.3, -0.25) is 4.79 Å². The second-order valence-electron chi connectivity index (χ2n) is 6.57. The molecule has 1 aromatic carbocycles. The fourth-order valence-corrected chi connectivity index (χ4v) is 2.10. The van der Waals surface area contributed by atoms with Crippen LogP contribution in [0.1, 0.15) is 33.4 Å². The molecule has 0 unspecified atom stereocenters. The van der Waals surface area contributed by atoms with Crippen LogP contribution in [-0.2, 0) is 19.7 Å². The molecule has 132 valence electrons. The number of para-hydroxylation sites is 1. The number of anilines is 1. The molecule has 0 aliphatic heterocycles. The standard InChI is InChI=1S/C19H23N3O3/c1-5-9-18(24)25-13-17(23)20-16-12-15(19(2,3)4)21-22(16)14-10-7-6-8-11-14/h5-12H,13H2,1-4H3,(H,20,23). The highest BCUT2D eigenvalue weighted by Gasteiger charge is 2.21. The molecule has 2 rings (SSSR count). The van der Waals surface area contributed by atoms with Crippen LogP contribution in [0, 0.1) is 0 Å². The van der Waals surface area contributed by atoms with Gasteiger partial charge in [0, 0.05) is 17.6 Å². The molecule has 0 spiro atoms. The lowest BCUT2D eigenvalue weighted by atomic mass is 9.92. The van der Waals surface area contributed by atoms with Crippen LogP contribution < -0.4 is 5.32 Å². The first-order valence-electron chi connectivity index (χ1n) is 8.06. The summed E-state index contributed by atoms with van der Waals surface area (Å²) in [6.07, 6.45) is 2.82. The largest absolute Gasteiger partial charge is 0.452 e. The molecule has 6 nitrogen and oxygen atoms in total. The Labute approximate surface area is 147 Å². The van der Waals surface area contributed by atoms with Crippen molar-refractivity contribution in [1.82, 2.24) is 9.78 Å². The van der Waals surface area contributed by atoms with Gasteiger partial charge >= 0.3 is 5.97 Å². The number of rotatable bonds is 5. The molecule has 0 aliphatic rings. The summed E-state index contributed by atoms with van der Waals surface area (Å²) < 4.78 is 6.54. The highest BCUT2D eigenvalue weighted by molar-refractivity contribution is 5.93. The Morgan fingerprint density at radius 2 is 1.92 bits per heavy atom. The van der Waals surface area contributed by atoms with Crippen molar-refractivity contribution in [3.63, 3.8) is 0 Å². The lowest BCUT2D eigenvalue weighted by molar-refractivity contribution is -0.142. The van der Waals surface area contributed by atoms with E-state index < -0.39 is 11.9 Å². The highest BCUT2D eigenvalue weighted by atomic mass is 16.5. The van der Waals surface area contributed by atoms with Crippen molar-refractivity contribution in [3.8, 4) is 5.69 Å². The summed E-state index contributed by atoms with van der Waals surface area (Å²) in [6.45, 7) is 7.50. The molecular formula is C19H23N3O3. The van der Waals surface area contributed by atoms with Gasteiger partial charge < -0.3 is 10.1 Å². The number of esters is 1.